The first kappa shape index (κ1) is 12.7. The Morgan fingerprint density at radius 2 is 1.95 bits per heavy atom. The van der Waals surface area contributed by atoms with Crippen molar-refractivity contribution in [3.63, 3.8) is 0 Å². The van der Waals surface area contributed by atoms with Crippen LogP contribution in [0.25, 0.3) is 0 Å². The van der Waals surface area contributed by atoms with Gasteiger partial charge in [0.1, 0.15) is 0 Å². The van der Waals surface area contributed by atoms with Gasteiger partial charge in [-0.2, -0.15) is 0 Å². The molecule has 102 valence electrons. The maximum Gasteiger partial charge on any atom is 0.189 e. The second-order valence-corrected chi connectivity index (χ2v) is 5.48. The number of oxime groups is 1. The first-order valence-corrected chi connectivity index (χ1v) is 7.43. The molecule has 1 aromatic rings. The van der Waals surface area contributed by atoms with Crippen molar-refractivity contribution in [2.24, 2.45) is 11.1 Å². The van der Waals surface area contributed by atoms with Crippen molar-refractivity contribution >= 4 is 5.71 Å². The molecule has 0 bridgehead atoms. The molecule has 0 radical (unpaired) electrons. The van der Waals surface area contributed by atoms with E-state index in [1.165, 1.54) is 24.8 Å². The highest BCUT2D eigenvalue weighted by molar-refractivity contribution is 6.02. The molecule has 1 aromatic carbocycles. The summed E-state index contributed by atoms with van der Waals surface area (Å²) in [6, 6.07) is 10.5. The van der Waals surface area contributed by atoms with Crippen LogP contribution in [0.4, 0.5) is 0 Å². The average Bonchev–Trinajstić information content (AvgIpc) is 3.09. The molecule has 2 aliphatic heterocycles. The van der Waals surface area contributed by atoms with Crippen LogP contribution < -0.4 is 0 Å². The largest absolute Gasteiger partial charge is 0.375 e. The van der Waals surface area contributed by atoms with Gasteiger partial charge in [0.15, 0.2) is 6.23 Å². The molecule has 2 aliphatic rings. The lowest BCUT2D eigenvalue weighted by Gasteiger charge is -2.26. The highest BCUT2D eigenvalue weighted by Gasteiger charge is 2.38. The van der Waals surface area contributed by atoms with Gasteiger partial charge in [0.2, 0.25) is 0 Å². The molecule has 0 aromatic heterocycles. The second kappa shape index (κ2) is 5.74. The summed E-state index contributed by atoms with van der Waals surface area (Å²) in [5, 5.41) is 4.41. The molecule has 0 N–H and O–H groups in total. The van der Waals surface area contributed by atoms with E-state index in [9.17, 15) is 0 Å². The number of hydrogen-bond donors (Lipinski definition) is 0. The minimum Gasteiger partial charge on any atom is -0.375 e. The van der Waals surface area contributed by atoms with Gasteiger partial charge in [-0.25, -0.2) is 0 Å². The van der Waals surface area contributed by atoms with Crippen LogP contribution >= 0.6 is 0 Å². The third kappa shape index (κ3) is 2.52. The molecule has 0 aliphatic carbocycles. The quantitative estimate of drug-likeness (QED) is 0.828. The summed E-state index contributed by atoms with van der Waals surface area (Å²) in [4.78, 5) is 8.24. The van der Waals surface area contributed by atoms with Gasteiger partial charge in [-0.3, -0.25) is 4.90 Å². The van der Waals surface area contributed by atoms with Crippen LogP contribution in [0.3, 0.4) is 0 Å². The van der Waals surface area contributed by atoms with Crippen molar-refractivity contribution in [3.8, 4) is 0 Å². The van der Waals surface area contributed by atoms with E-state index in [-0.39, 0.29) is 6.23 Å². The fraction of sp³-hybridized carbons (Fsp3) is 0.562. The van der Waals surface area contributed by atoms with Crippen molar-refractivity contribution < 1.29 is 4.84 Å². The summed E-state index contributed by atoms with van der Waals surface area (Å²) in [6.45, 7) is 4.55. The molecule has 3 rings (SSSR count). The molecule has 3 nitrogen and oxygen atoms in total. The maximum absolute atomic E-state index is 5.78. The molecule has 19 heavy (non-hydrogen) atoms. The molecule has 2 heterocycles. The molecule has 0 unspecified atom stereocenters. The molecule has 2 atom stereocenters. The van der Waals surface area contributed by atoms with Crippen molar-refractivity contribution in [3.05, 3.63) is 35.9 Å². The fourth-order valence-electron chi connectivity index (χ4n) is 3.17. The average molecular weight is 258 g/mol. The van der Waals surface area contributed by atoms with Gasteiger partial charge in [-0.15, -0.1) is 0 Å². The van der Waals surface area contributed by atoms with Crippen LogP contribution in [0.1, 0.15) is 38.2 Å². The summed E-state index contributed by atoms with van der Waals surface area (Å²) < 4.78 is 0. The molecule has 3 heteroatoms. The predicted octanol–water partition coefficient (Wildman–Crippen LogP) is 3.26. The zero-order valence-corrected chi connectivity index (χ0v) is 11.6. The summed E-state index contributed by atoms with van der Waals surface area (Å²) in [5.74, 6) is 0.422. The monoisotopic (exact) mass is 258 g/mol. The topological polar surface area (TPSA) is 24.8 Å². The van der Waals surface area contributed by atoms with Gasteiger partial charge in [0.05, 0.1) is 11.6 Å². The summed E-state index contributed by atoms with van der Waals surface area (Å²) in [7, 11) is 0. The Morgan fingerprint density at radius 3 is 2.63 bits per heavy atom. The standard InChI is InChI=1S/C16H22N2O/c1-2-8-14-15(13-9-4-3-5-10-13)17-19-16(14)18-11-6-7-12-18/h3-5,9-10,14,16H,2,6-8,11-12H2,1H3/t14-,16-/m0/s1. The highest BCUT2D eigenvalue weighted by Crippen LogP contribution is 2.31. The Bertz CT molecular complexity index is 437. The third-order valence-electron chi connectivity index (χ3n) is 4.12. The van der Waals surface area contributed by atoms with E-state index in [0.717, 1.165) is 25.2 Å². The lowest BCUT2D eigenvalue weighted by atomic mass is 9.91. The lowest BCUT2D eigenvalue weighted by molar-refractivity contribution is -0.0491. The van der Waals surface area contributed by atoms with Crippen LogP contribution in [0.2, 0.25) is 0 Å². The first-order chi connectivity index (χ1) is 9.40. The zero-order chi connectivity index (χ0) is 13.1. The molecule has 0 amide bonds. The van der Waals surface area contributed by atoms with E-state index in [4.69, 9.17) is 4.84 Å². The number of likely N-dealkylation sites (tertiary alicyclic amines) is 1. The Hall–Kier alpha value is -1.35. The number of benzene rings is 1. The van der Waals surface area contributed by atoms with Crippen molar-refractivity contribution in [2.45, 2.75) is 38.8 Å². The summed E-state index contributed by atoms with van der Waals surface area (Å²) in [5.41, 5.74) is 2.35. The summed E-state index contributed by atoms with van der Waals surface area (Å²) in [6.07, 6.45) is 5.07. The molecule has 1 fully saturated rings. The maximum atomic E-state index is 5.78. The van der Waals surface area contributed by atoms with Crippen LogP contribution in [-0.2, 0) is 4.84 Å². The van der Waals surface area contributed by atoms with Gasteiger partial charge in [0, 0.05) is 13.1 Å². The van der Waals surface area contributed by atoms with Gasteiger partial charge in [-0.1, -0.05) is 48.8 Å². The van der Waals surface area contributed by atoms with Gasteiger partial charge in [-0.05, 0) is 24.8 Å². The SMILES string of the molecule is CCC[C@H]1C(c2ccccc2)=NO[C@@H]1N1CCCC1. The van der Waals surface area contributed by atoms with Crippen molar-refractivity contribution in [1.29, 1.82) is 0 Å². The molecule has 1 saturated heterocycles. The third-order valence-corrected chi connectivity index (χ3v) is 4.12. The van der Waals surface area contributed by atoms with E-state index in [1.807, 2.05) is 6.07 Å². The lowest BCUT2D eigenvalue weighted by Crippen LogP contribution is -2.39. The Kier molecular flexibility index (Phi) is 3.83. The van der Waals surface area contributed by atoms with Crippen LogP contribution in [0.15, 0.2) is 35.5 Å². The van der Waals surface area contributed by atoms with Crippen LogP contribution in [0, 0.1) is 5.92 Å². The first-order valence-electron chi connectivity index (χ1n) is 7.43. The van der Waals surface area contributed by atoms with Crippen LogP contribution in [0.5, 0.6) is 0 Å². The van der Waals surface area contributed by atoms with E-state index < -0.39 is 0 Å². The Balaban J connectivity index is 1.81. The molecule has 0 saturated carbocycles. The van der Waals surface area contributed by atoms with Gasteiger partial charge < -0.3 is 4.84 Å². The van der Waals surface area contributed by atoms with Crippen LogP contribution in [-0.4, -0.2) is 29.9 Å². The minimum absolute atomic E-state index is 0.164. The van der Waals surface area contributed by atoms with E-state index in [1.54, 1.807) is 0 Å². The summed E-state index contributed by atoms with van der Waals surface area (Å²) >= 11 is 0. The smallest absolute Gasteiger partial charge is 0.189 e. The Labute approximate surface area is 115 Å². The minimum atomic E-state index is 0.164. The number of nitrogens with zero attached hydrogens (tertiary/aromatic N) is 2. The van der Waals surface area contributed by atoms with E-state index in [0.29, 0.717) is 5.92 Å². The van der Waals surface area contributed by atoms with E-state index in [2.05, 4.69) is 41.2 Å². The van der Waals surface area contributed by atoms with Crippen molar-refractivity contribution in [2.75, 3.05) is 13.1 Å². The van der Waals surface area contributed by atoms with Gasteiger partial charge >= 0.3 is 0 Å². The number of hydrogen-bond acceptors (Lipinski definition) is 3. The normalized spacial score (nSPS) is 27.3. The number of rotatable bonds is 4. The highest BCUT2D eigenvalue weighted by atomic mass is 16.7. The Morgan fingerprint density at radius 1 is 1.21 bits per heavy atom. The van der Waals surface area contributed by atoms with Crippen molar-refractivity contribution in [1.82, 2.24) is 4.90 Å². The van der Waals surface area contributed by atoms with Gasteiger partial charge in [0.25, 0.3) is 0 Å². The van der Waals surface area contributed by atoms with E-state index >= 15 is 0 Å². The molecular formula is C16H22N2O. The fourth-order valence-corrected chi connectivity index (χ4v) is 3.17. The molecule has 0 spiro atoms. The second-order valence-electron chi connectivity index (χ2n) is 5.48. The predicted molar refractivity (Wildman–Crippen MR) is 77.1 cm³/mol. The molecular weight excluding hydrogens is 236 g/mol. The zero-order valence-electron chi connectivity index (χ0n) is 11.6.